The van der Waals surface area contributed by atoms with Crippen LogP contribution >= 0.6 is 0 Å². The fourth-order valence-electron chi connectivity index (χ4n) is 3.15. The Morgan fingerprint density at radius 3 is 2.96 bits per heavy atom. The molecule has 0 aromatic carbocycles. The Hall–Kier alpha value is -2.15. The Labute approximate surface area is 135 Å². The summed E-state index contributed by atoms with van der Waals surface area (Å²) in [6.07, 6.45) is 3.07. The molecular weight excluding hydrogens is 294 g/mol. The van der Waals surface area contributed by atoms with Gasteiger partial charge in [0.2, 0.25) is 5.91 Å². The number of carbonyl (C=O) groups excluding carboxylic acids is 1. The summed E-state index contributed by atoms with van der Waals surface area (Å²) in [5.41, 5.74) is 2.99. The van der Waals surface area contributed by atoms with Gasteiger partial charge in [0.15, 0.2) is 0 Å². The van der Waals surface area contributed by atoms with Crippen molar-refractivity contribution in [2.45, 2.75) is 32.3 Å². The van der Waals surface area contributed by atoms with E-state index in [1.165, 1.54) is 0 Å². The fraction of sp³-hybridized carbons (Fsp3) is 0.562. The van der Waals surface area contributed by atoms with Crippen LogP contribution < -0.4 is 0 Å². The topological polar surface area (TPSA) is 87.0 Å². The molecule has 2 aromatic heterocycles. The second kappa shape index (κ2) is 6.54. The Morgan fingerprint density at radius 1 is 1.48 bits per heavy atom. The summed E-state index contributed by atoms with van der Waals surface area (Å²) < 4.78 is 1.79. The molecule has 0 aliphatic carbocycles. The summed E-state index contributed by atoms with van der Waals surface area (Å²) >= 11 is 0. The van der Waals surface area contributed by atoms with Crippen LogP contribution in [0, 0.1) is 12.8 Å². The lowest BCUT2D eigenvalue weighted by molar-refractivity contribution is -0.130. The largest absolute Gasteiger partial charge is 0.391 e. The molecule has 0 radical (unpaired) electrons. The van der Waals surface area contributed by atoms with Gasteiger partial charge in [0.25, 0.3) is 0 Å². The molecule has 2 N–H and O–H groups in total. The molecule has 23 heavy (non-hydrogen) atoms. The van der Waals surface area contributed by atoms with E-state index in [1.54, 1.807) is 15.8 Å². The van der Waals surface area contributed by atoms with Crippen LogP contribution in [0.1, 0.15) is 23.5 Å². The van der Waals surface area contributed by atoms with Crippen molar-refractivity contribution in [3.05, 3.63) is 35.4 Å². The van der Waals surface area contributed by atoms with Crippen molar-refractivity contribution in [1.29, 1.82) is 0 Å². The molecular formula is C16H23N5O2. The molecule has 1 amide bonds. The van der Waals surface area contributed by atoms with Gasteiger partial charge in [-0.15, -0.1) is 0 Å². The standard InChI is InChI=1S/C16H23N5O2/c1-11-7-13(19-18-11)8-12-9-21(10-15(12)22)16(23)4-3-14-5-6-17-20(14)2/h5-7,12,15,22H,3-4,8-10H2,1-2H3,(H,18,19). The molecule has 1 fully saturated rings. The second-order valence-electron chi connectivity index (χ2n) is 6.32. The average Bonchev–Trinajstić information content (AvgIpc) is 3.20. The zero-order chi connectivity index (χ0) is 16.4. The molecule has 1 saturated heterocycles. The van der Waals surface area contributed by atoms with Crippen LogP contribution in [0.25, 0.3) is 0 Å². The number of carbonyl (C=O) groups is 1. The Kier molecular flexibility index (Phi) is 4.47. The van der Waals surface area contributed by atoms with E-state index >= 15 is 0 Å². The maximum Gasteiger partial charge on any atom is 0.223 e. The summed E-state index contributed by atoms with van der Waals surface area (Å²) in [7, 11) is 1.88. The number of amides is 1. The van der Waals surface area contributed by atoms with Crippen molar-refractivity contribution < 1.29 is 9.90 Å². The van der Waals surface area contributed by atoms with E-state index < -0.39 is 6.10 Å². The maximum absolute atomic E-state index is 12.4. The van der Waals surface area contributed by atoms with Crippen LogP contribution in [0.2, 0.25) is 0 Å². The van der Waals surface area contributed by atoms with E-state index in [0.717, 1.165) is 17.1 Å². The number of rotatable bonds is 5. The van der Waals surface area contributed by atoms with Gasteiger partial charge in [-0.25, -0.2) is 0 Å². The van der Waals surface area contributed by atoms with Gasteiger partial charge in [-0.3, -0.25) is 14.6 Å². The number of likely N-dealkylation sites (tertiary alicyclic amines) is 1. The number of hydrogen-bond donors (Lipinski definition) is 2. The molecule has 3 heterocycles. The minimum atomic E-state index is -0.479. The number of aromatic nitrogens is 4. The number of aromatic amines is 1. The molecule has 7 nitrogen and oxygen atoms in total. The smallest absolute Gasteiger partial charge is 0.223 e. The van der Waals surface area contributed by atoms with Crippen LogP contribution in [-0.2, 0) is 24.7 Å². The van der Waals surface area contributed by atoms with Crippen molar-refractivity contribution in [1.82, 2.24) is 24.9 Å². The summed E-state index contributed by atoms with van der Waals surface area (Å²) in [6.45, 7) is 2.96. The summed E-state index contributed by atoms with van der Waals surface area (Å²) in [4.78, 5) is 14.1. The zero-order valence-electron chi connectivity index (χ0n) is 13.6. The lowest BCUT2D eigenvalue weighted by atomic mass is 10.0. The molecule has 2 atom stereocenters. The van der Waals surface area contributed by atoms with Crippen LogP contribution in [0.15, 0.2) is 18.3 Å². The van der Waals surface area contributed by atoms with E-state index in [2.05, 4.69) is 15.3 Å². The Bertz CT molecular complexity index is 678. The molecule has 0 bridgehead atoms. The number of nitrogens with zero attached hydrogens (tertiary/aromatic N) is 4. The highest BCUT2D eigenvalue weighted by molar-refractivity contribution is 5.76. The van der Waals surface area contributed by atoms with E-state index in [4.69, 9.17) is 0 Å². The first-order valence-corrected chi connectivity index (χ1v) is 7.96. The fourth-order valence-corrected chi connectivity index (χ4v) is 3.15. The van der Waals surface area contributed by atoms with Gasteiger partial charge < -0.3 is 10.0 Å². The van der Waals surface area contributed by atoms with Crippen LogP contribution in [0.5, 0.6) is 0 Å². The van der Waals surface area contributed by atoms with Gasteiger partial charge >= 0.3 is 0 Å². The van der Waals surface area contributed by atoms with Crippen LogP contribution in [-0.4, -0.2) is 55.1 Å². The Balaban J connectivity index is 1.53. The predicted molar refractivity (Wildman–Crippen MR) is 84.6 cm³/mol. The molecule has 124 valence electrons. The number of β-amino-alcohol motifs (C(OH)–C–C–N with tert-alkyl or cyclic N) is 1. The number of aryl methyl sites for hydroxylation is 3. The SMILES string of the molecule is Cc1cc(CC2CN(C(=O)CCc3ccnn3C)CC2O)n[nH]1. The van der Waals surface area contributed by atoms with E-state index in [9.17, 15) is 9.90 Å². The van der Waals surface area contributed by atoms with Gasteiger partial charge in [0, 0.05) is 50.1 Å². The van der Waals surface area contributed by atoms with Crippen molar-refractivity contribution in [2.24, 2.45) is 13.0 Å². The van der Waals surface area contributed by atoms with Crippen molar-refractivity contribution >= 4 is 5.91 Å². The Morgan fingerprint density at radius 2 is 2.30 bits per heavy atom. The molecule has 1 aliphatic heterocycles. The first kappa shape index (κ1) is 15.7. The monoisotopic (exact) mass is 317 g/mol. The third-order valence-corrected chi connectivity index (χ3v) is 4.51. The van der Waals surface area contributed by atoms with Gasteiger partial charge in [-0.05, 0) is 31.9 Å². The molecule has 0 spiro atoms. The summed E-state index contributed by atoms with van der Waals surface area (Å²) in [5.74, 6) is 0.143. The molecule has 2 unspecified atom stereocenters. The van der Waals surface area contributed by atoms with Gasteiger partial charge in [0.05, 0.1) is 11.8 Å². The number of nitrogens with one attached hydrogen (secondary N) is 1. The zero-order valence-corrected chi connectivity index (χ0v) is 13.6. The first-order valence-electron chi connectivity index (χ1n) is 7.96. The normalized spacial score (nSPS) is 21.1. The number of aliphatic hydroxyl groups excluding tert-OH is 1. The quantitative estimate of drug-likeness (QED) is 0.838. The first-order chi connectivity index (χ1) is 11.0. The molecule has 3 rings (SSSR count). The third kappa shape index (κ3) is 3.61. The second-order valence-corrected chi connectivity index (χ2v) is 6.32. The lowest BCUT2D eigenvalue weighted by Gasteiger charge is -2.16. The minimum absolute atomic E-state index is 0.0540. The van der Waals surface area contributed by atoms with Crippen LogP contribution in [0.4, 0.5) is 0 Å². The highest BCUT2D eigenvalue weighted by Crippen LogP contribution is 2.22. The number of aliphatic hydroxyl groups is 1. The third-order valence-electron chi connectivity index (χ3n) is 4.51. The number of hydrogen-bond acceptors (Lipinski definition) is 4. The van der Waals surface area contributed by atoms with Crippen molar-refractivity contribution in [3.8, 4) is 0 Å². The van der Waals surface area contributed by atoms with Gasteiger partial charge in [-0.2, -0.15) is 10.2 Å². The highest BCUT2D eigenvalue weighted by Gasteiger charge is 2.34. The van der Waals surface area contributed by atoms with Crippen molar-refractivity contribution in [3.63, 3.8) is 0 Å². The van der Waals surface area contributed by atoms with Gasteiger partial charge in [0.1, 0.15) is 0 Å². The lowest BCUT2D eigenvalue weighted by Crippen LogP contribution is -2.30. The van der Waals surface area contributed by atoms with E-state index in [0.29, 0.717) is 32.4 Å². The maximum atomic E-state index is 12.4. The molecule has 7 heteroatoms. The van der Waals surface area contributed by atoms with Gasteiger partial charge in [-0.1, -0.05) is 0 Å². The van der Waals surface area contributed by atoms with Crippen molar-refractivity contribution in [2.75, 3.05) is 13.1 Å². The minimum Gasteiger partial charge on any atom is -0.391 e. The number of H-pyrrole nitrogens is 1. The summed E-state index contributed by atoms with van der Waals surface area (Å²) in [6, 6.07) is 3.91. The van der Waals surface area contributed by atoms with E-state index in [1.807, 2.05) is 26.1 Å². The highest BCUT2D eigenvalue weighted by atomic mass is 16.3. The molecule has 0 saturated carbocycles. The van der Waals surface area contributed by atoms with Crippen LogP contribution in [0.3, 0.4) is 0 Å². The molecule has 2 aromatic rings. The average molecular weight is 317 g/mol. The van der Waals surface area contributed by atoms with E-state index in [-0.39, 0.29) is 11.8 Å². The molecule has 1 aliphatic rings. The summed E-state index contributed by atoms with van der Waals surface area (Å²) in [5, 5.41) is 21.5. The predicted octanol–water partition coefficient (Wildman–Crippen LogP) is 0.446.